The minimum absolute atomic E-state index is 0. The lowest BCUT2D eigenvalue weighted by atomic mass is 9.84. The van der Waals surface area contributed by atoms with Crippen molar-refractivity contribution in [3.05, 3.63) is 54.4 Å². The second kappa shape index (κ2) is 13.8. The van der Waals surface area contributed by atoms with Gasteiger partial charge in [-0.25, -0.2) is 0 Å². The van der Waals surface area contributed by atoms with Crippen LogP contribution in [-0.2, 0) is 16.5 Å². The number of aromatic nitrogens is 1. The summed E-state index contributed by atoms with van der Waals surface area (Å²) < 4.78 is 71.2. The lowest BCUT2D eigenvalue weighted by Crippen LogP contribution is -2.47. The van der Waals surface area contributed by atoms with Gasteiger partial charge in [0.2, 0.25) is 0 Å². The van der Waals surface area contributed by atoms with E-state index in [4.69, 9.17) is 4.18 Å². The third kappa shape index (κ3) is 9.47. The number of piperazine rings is 1. The van der Waals surface area contributed by atoms with Crippen LogP contribution in [0.25, 0.3) is 0 Å². The summed E-state index contributed by atoms with van der Waals surface area (Å²) in [4.78, 5) is 8.22. The number of rotatable bonds is 8. The first-order chi connectivity index (χ1) is 16.7. The molecule has 37 heavy (non-hydrogen) atoms. The Labute approximate surface area is 228 Å². The highest BCUT2D eigenvalue weighted by molar-refractivity contribution is 7.85. The third-order valence-electron chi connectivity index (χ3n) is 6.76. The number of alkyl halides is 3. The average molecular weight is 586 g/mol. The number of pyridine rings is 1. The first-order valence-corrected chi connectivity index (χ1v) is 13.3. The van der Waals surface area contributed by atoms with E-state index in [0.29, 0.717) is 24.7 Å². The van der Waals surface area contributed by atoms with Crippen LogP contribution < -0.4 is 13.8 Å². The van der Waals surface area contributed by atoms with Crippen molar-refractivity contribution in [3.63, 3.8) is 0 Å². The second-order valence-corrected chi connectivity index (χ2v) is 10.5. The topological polar surface area (TPSA) is 74.8 Å². The smallest absolute Gasteiger partial charge is 0.369 e. The Balaban J connectivity index is 0.00000241. The molecule has 1 saturated heterocycles. The number of nitrogens with one attached hydrogen (secondary N) is 1. The van der Waals surface area contributed by atoms with Crippen LogP contribution in [0, 0.1) is 5.92 Å². The maximum Gasteiger partial charge on any atom is 0.416 e. The molecule has 0 bridgehead atoms. The Morgan fingerprint density at radius 2 is 1.70 bits per heavy atom. The first kappa shape index (κ1) is 31.4. The van der Waals surface area contributed by atoms with E-state index >= 15 is 0 Å². The van der Waals surface area contributed by atoms with Gasteiger partial charge >= 0.3 is 16.5 Å². The monoisotopic (exact) mass is 584 g/mol. The molecule has 1 N–H and O–H groups in total. The van der Waals surface area contributed by atoms with Crippen LogP contribution in [0.2, 0.25) is 0 Å². The summed E-state index contributed by atoms with van der Waals surface area (Å²) in [6.07, 6.45) is 3.04. The SMILES string of the molecule is Cl.Cl.O=S(=O)(N[C@H]1CC[C@H](CCN2CCN(c3cccc(C(F)(F)F)c3)CC2)CC1)Oc1cccnc1. The predicted molar refractivity (Wildman–Crippen MR) is 142 cm³/mol. The number of hydrogen-bond donors (Lipinski definition) is 1. The molecule has 2 fully saturated rings. The van der Waals surface area contributed by atoms with Gasteiger partial charge in [-0.15, -0.1) is 24.8 Å². The summed E-state index contributed by atoms with van der Waals surface area (Å²) >= 11 is 0. The van der Waals surface area contributed by atoms with Gasteiger partial charge in [-0.3, -0.25) is 9.88 Å². The summed E-state index contributed by atoms with van der Waals surface area (Å²) in [5.74, 6) is 0.721. The zero-order valence-electron chi connectivity index (χ0n) is 20.3. The molecule has 2 aromatic rings. The molecule has 2 aliphatic rings. The van der Waals surface area contributed by atoms with E-state index in [0.717, 1.165) is 57.8 Å². The molecule has 2 heterocycles. The quantitative estimate of drug-likeness (QED) is 0.474. The molecule has 1 aromatic carbocycles. The molecule has 0 unspecified atom stereocenters. The number of anilines is 1. The van der Waals surface area contributed by atoms with E-state index in [9.17, 15) is 21.6 Å². The van der Waals surface area contributed by atoms with Gasteiger partial charge in [0.1, 0.15) is 0 Å². The molecule has 7 nitrogen and oxygen atoms in total. The highest BCUT2D eigenvalue weighted by atomic mass is 35.5. The van der Waals surface area contributed by atoms with Crippen molar-refractivity contribution in [2.75, 3.05) is 37.6 Å². The fraction of sp³-hybridized carbons (Fsp3) is 0.542. The average Bonchev–Trinajstić information content (AvgIpc) is 2.84. The van der Waals surface area contributed by atoms with Gasteiger partial charge in [0.25, 0.3) is 0 Å². The van der Waals surface area contributed by atoms with Gasteiger partial charge in [-0.1, -0.05) is 6.07 Å². The van der Waals surface area contributed by atoms with E-state index in [1.54, 1.807) is 24.4 Å². The van der Waals surface area contributed by atoms with Crippen LogP contribution in [0.1, 0.15) is 37.7 Å². The molecule has 13 heteroatoms. The standard InChI is InChI=1S/C24H31F3N4O3S.2ClH/c25-24(26,27)20-3-1-4-22(17-20)31-15-13-30(14-16-31)12-10-19-6-8-21(9-7-19)29-35(32,33)34-23-5-2-11-28-18-23;;/h1-5,11,17-19,21,29H,6-10,12-16H2;2*1H/t19-,21-;;. The zero-order valence-corrected chi connectivity index (χ0v) is 22.7. The molecule has 1 aromatic heterocycles. The normalized spacial score (nSPS) is 21.0. The molecule has 1 aliphatic heterocycles. The van der Waals surface area contributed by atoms with Crippen molar-refractivity contribution in [2.45, 2.75) is 44.3 Å². The number of benzene rings is 1. The Bertz CT molecular complexity index is 1060. The lowest BCUT2D eigenvalue weighted by molar-refractivity contribution is -0.137. The van der Waals surface area contributed by atoms with Crippen LogP contribution in [0.5, 0.6) is 5.75 Å². The number of hydrogen-bond acceptors (Lipinski definition) is 6. The molecule has 0 radical (unpaired) electrons. The summed E-state index contributed by atoms with van der Waals surface area (Å²) in [5, 5.41) is 0. The predicted octanol–water partition coefficient (Wildman–Crippen LogP) is 4.93. The molecule has 0 atom stereocenters. The minimum Gasteiger partial charge on any atom is -0.369 e. The van der Waals surface area contributed by atoms with Crippen molar-refractivity contribution in [3.8, 4) is 5.75 Å². The van der Waals surface area contributed by atoms with Crippen molar-refractivity contribution < 1.29 is 25.8 Å². The van der Waals surface area contributed by atoms with Gasteiger partial charge < -0.3 is 9.08 Å². The third-order valence-corrected chi connectivity index (χ3v) is 7.80. The van der Waals surface area contributed by atoms with Crippen LogP contribution in [-0.4, -0.2) is 57.1 Å². The van der Waals surface area contributed by atoms with Gasteiger partial charge in [0, 0.05) is 44.1 Å². The maximum atomic E-state index is 13.0. The molecule has 1 saturated carbocycles. The largest absolute Gasteiger partial charge is 0.416 e. The van der Waals surface area contributed by atoms with E-state index in [1.165, 1.54) is 18.3 Å². The molecule has 208 valence electrons. The number of halogens is 5. The Hall–Kier alpha value is -1.79. The lowest BCUT2D eigenvalue weighted by Gasteiger charge is -2.37. The highest BCUT2D eigenvalue weighted by Crippen LogP contribution is 2.32. The maximum absolute atomic E-state index is 13.0. The van der Waals surface area contributed by atoms with Crippen LogP contribution in [0.15, 0.2) is 48.8 Å². The van der Waals surface area contributed by atoms with Gasteiger partial charge in [0.05, 0.1) is 11.8 Å². The molecular formula is C24H33Cl2F3N4O3S. The Morgan fingerprint density at radius 1 is 1.00 bits per heavy atom. The summed E-state index contributed by atoms with van der Waals surface area (Å²) in [6, 6.07) is 8.55. The van der Waals surface area contributed by atoms with Crippen molar-refractivity contribution in [2.24, 2.45) is 5.92 Å². The fourth-order valence-corrected chi connectivity index (χ4v) is 5.84. The summed E-state index contributed by atoms with van der Waals surface area (Å²) in [6.45, 7) is 3.98. The van der Waals surface area contributed by atoms with E-state index < -0.39 is 22.0 Å². The van der Waals surface area contributed by atoms with E-state index in [2.05, 4.69) is 14.6 Å². The zero-order chi connectivity index (χ0) is 24.9. The van der Waals surface area contributed by atoms with Gasteiger partial charge in [-0.05, 0) is 74.9 Å². The highest BCUT2D eigenvalue weighted by Gasteiger charge is 2.31. The first-order valence-electron chi connectivity index (χ1n) is 11.9. The minimum atomic E-state index is -4.33. The Kier molecular flexibility index (Phi) is 11.8. The van der Waals surface area contributed by atoms with Crippen LogP contribution in [0.3, 0.4) is 0 Å². The van der Waals surface area contributed by atoms with Crippen LogP contribution in [0.4, 0.5) is 18.9 Å². The van der Waals surface area contributed by atoms with Gasteiger partial charge in [-0.2, -0.15) is 26.3 Å². The van der Waals surface area contributed by atoms with Crippen molar-refractivity contribution in [1.29, 1.82) is 0 Å². The van der Waals surface area contributed by atoms with Gasteiger partial charge in [0.15, 0.2) is 5.75 Å². The number of nitrogens with zero attached hydrogens (tertiary/aromatic N) is 3. The molecular weight excluding hydrogens is 552 g/mol. The second-order valence-electron chi connectivity index (χ2n) is 9.23. The molecule has 0 spiro atoms. The van der Waals surface area contributed by atoms with Crippen molar-refractivity contribution in [1.82, 2.24) is 14.6 Å². The Morgan fingerprint density at radius 3 is 2.32 bits per heavy atom. The molecule has 1 aliphatic carbocycles. The molecule has 4 rings (SSSR count). The van der Waals surface area contributed by atoms with Crippen molar-refractivity contribution >= 4 is 40.8 Å². The van der Waals surface area contributed by atoms with Crippen LogP contribution >= 0.6 is 24.8 Å². The summed E-state index contributed by atoms with van der Waals surface area (Å²) in [7, 11) is -3.89. The van der Waals surface area contributed by atoms with E-state index in [-0.39, 0.29) is 36.6 Å². The van der Waals surface area contributed by atoms with E-state index in [1.807, 2.05) is 4.90 Å². The summed E-state index contributed by atoms with van der Waals surface area (Å²) in [5.41, 5.74) is 0.00622. The fourth-order valence-electron chi connectivity index (χ4n) is 4.79. The molecule has 0 amide bonds.